The van der Waals surface area contributed by atoms with Crippen LogP contribution in [0.1, 0.15) is 79.8 Å². The highest BCUT2D eigenvalue weighted by molar-refractivity contribution is 7.92. The lowest BCUT2D eigenvalue weighted by Gasteiger charge is -2.36. The summed E-state index contributed by atoms with van der Waals surface area (Å²) in [6, 6.07) is 9.39. The molecule has 1 unspecified atom stereocenters. The molecular formula is C29H37N3O6S2. The number of urea groups is 1. The maximum Gasteiger partial charge on any atom is 0.320 e. The average Bonchev–Trinajstić information content (AvgIpc) is 3.41. The maximum atomic E-state index is 13.1. The first kappa shape index (κ1) is 29.8. The molecule has 2 aromatic rings. The normalized spacial score (nSPS) is 20.2. The molecule has 4 rings (SSSR count). The second-order valence-electron chi connectivity index (χ2n) is 10.6. The number of hydrogen-bond acceptors (Lipinski definition) is 6. The van der Waals surface area contributed by atoms with E-state index in [1.165, 1.54) is 31.7 Å². The lowest BCUT2D eigenvalue weighted by molar-refractivity contribution is -0.136. The van der Waals surface area contributed by atoms with Crippen LogP contribution in [-0.2, 0) is 14.6 Å². The molecule has 0 radical (unpaired) electrons. The van der Waals surface area contributed by atoms with Crippen molar-refractivity contribution < 1.29 is 27.9 Å². The highest BCUT2D eigenvalue weighted by Crippen LogP contribution is 2.41. The average molecular weight is 588 g/mol. The molecule has 9 nitrogen and oxygen atoms in total. The number of thiophene rings is 1. The van der Waals surface area contributed by atoms with E-state index in [0.717, 1.165) is 48.8 Å². The molecule has 1 heterocycles. The summed E-state index contributed by atoms with van der Waals surface area (Å²) in [7, 11) is -3.36. The number of carboxylic acids is 1. The molecule has 1 aromatic carbocycles. The first-order valence-corrected chi connectivity index (χ1v) is 16.5. The number of aliphatic carboxylic acids is 1. The van der Waals surface area contributed by atoms with Crippen LogP contribution in [0.15, 0.2) is 52.3 Å². The summed E-state index contributed by atoms with van der Waals surface area (Å²) in [4.78, 5) is 36.2. The molecule has 216 valence electrons. The van der Waals surface area contributed by atoms with Crippen molar-refractivity contribution in [3.05, 3.63) is 59.2 Å². The molecule has 1 aromatic heterocycles. The molecule has 0 bridgehead atoms. The number of carbonyl (C=O) groups is 3. The first-order valence-electron chi connectivity index (χ1n) is 13.8. The molecule has 0 aliphatic heterocycles. The van der Waals surface area contributed by atoms with Crippen molar-refractivity contribution in [2.24, 2.45) is 11.8 Å². The van der Waals surface area contributed by atoms with E-state index in [9.17, 15) is 22.8 Å². The molecular weight excluding hydrogens is 550 g/mol. The van der Waals surface area contributed by atoms with E-state index in [1.807, 2.05) is 12.1 Å². The van der Waals surface area contributed by atoms with Crippen molar-refractivity contribution in [2.45, 2.75) is 68.0 Å². The molecule has 0 spiro atoms. The minimum Gasteiger partial charge on any atom is -0.481 e. The molecule has 2 aliphatic carbocycles. The fourth-order valence-corrected chi connectivity index (χ4v) is 7.46. The molecule has 3 amide bonds. The minimum absolute atomic E-state index is 0.0453. The smallest absolute Gasteiger partial charge is 0.320 e. The van der Waals surface area contributed by atoms with E-state index in [4.69, 9.17) is 5.11 Å². The Morgan fingerprint density at radius 1 is 1.02 bits per heavy atom. The molecule has 4 N–H and O–H groups in total. The first-order chi connectivity index (χ1) is 19.1. The molecule has 11 heteroatoms. The molecule has 0 saturated heterocycles. The summed E-state index contributed by atoms with van der Waals surface area (Å²) in [6.45, 7) is 0.0453. The lowest BCUT2D eigenvalue weighted by Crippen LogP contribution is -2.38. The zero-order valence-corrected chi connectivity index (χ0v) is 24.3. The molecule has 2 aliphatic rings. The molecule has 40 heavy (non-hydrogen) atoms. The Bertz CT molecular complexity index is 1340. The van der Waals surface area contributed by atoms with Crippen LogP contribution in [0.2, 0.25) is 0 Å². The van der Waals surface area contributed by atoms with Crippen molar-refractivity contribution in [3.8, 4) is 0 Å². The monoisotopic (exact) mass is 587 g/mol. The van der Waals surface area contributed by atoms with Gasteiger partial charge in [0.25, 0.3) is 5.91 Å². The van der Waals surface area contributed by atoms with Gasteiger partial charge in [0.1, 0.15) is 4.21 Å². The summed E-state index contributed by atoms with van der Waals surface area (Å²) >= 11 is 1.01. The van der Waals surface area contributed by atoms with Crippen LogP contribution in [0.25, 0.3) is 0 Å². The Hall–Kier alpha value is -3.18. The van der Waals surface area contributed by atoms with Crippen molar-refractivity contribution >= 4 is 44.1 Å². The highest BCUT2D eigenvalue weighted by Gasteiger charge is 2.31. The second kappa shape index (κ2) is 13.5. The zero-order valence-electron chi connectivity index (χ0n) is 22.6. The van der Waals surface area contributed by atoms with Gasteiger partial charge in [-0.1, -0.05) is 23.8 Å². The fourth-order valence-electron chi connectivity index (χ4n) is 5.63. The third kappa shape index (κ3) is 8.17. The summed E-state index contributed by atoms with van der Waals surface area (Å²) in [5.74, 6) is -0.525. The summed E-state index contributed by atoms with van der Waals surface area (Å²) in [5, 5.41) is 17.7. The van der Waals surface area contributed by atoms with Gasteiger partial charge >= 0.3 is 12.0 Å². The standard InChI is InChI=1S/C29H37N3O6S2/c1-40(37,38)26-16-15-24(39-26)31-29(36)32-27(21-9-7-20(8-10-21)19-5-3-2-4-6-19)22-11-13-23(14-12-22)28(35)30-18-17-25(33)34/h5,11-16,20-21,27H,2-4,6-10,17-18H2,1H3,(H,30,35)(H,33,34)(H2,31,32,36). The molecule has 1 saturated carbocycles. The van der Waals surface area contributed by atoms with E-state index in [2.05, 4.69) is 22.0 Å². The number of nitrogens with one attached hydrogen (secondary N) is 3. The summed E-state index contributed by atoms with van der Waals surface area (Å²) in [5.41, 5.74) is 2.88. The van der Waals surface area contributed by atoms with Crippen LogP contribution in [0, 0.1) is 11.8 Å². The highest BCUT2D eigenvalue weighted by atomic mass is 32.2. The molecule has 1 atom stereocenters. The Balaban J connectivity index is 1.46. The summed E-state index contributed by atoms with van der Waals surface area (Å²) < 4.78 is 23.8. The van der Waals surface area contributed by atoms with Crippen molar-refractivity contribution in [1.29, 1.82) is 0 Å². The van der Waals surface area contributed by atoms with E-state index in [1.54, 1.807) is 23.8 Å². The van der Waals surface area contributed by atoms with E-state index in [0.29, 0.717) is 16.5 Å². The van der Waals surface area contributed by atoms with Crippen molar-refractivity contribution in [2.75, 3.05) is 18.1 Å². The molecule has 1 fully saturated rings. The number of amides is 3. The Morgan fingerprint density at radius 2 is 1.75 bits per heavy atom. The van der Waals surface area contributed by atoms with E-state index < -0.39 is 21.8 Å². The third-order valence-electron chi connectivity index (χ3n) is 7.72. The van der Waals surface area contributed by atoms with E-state index in [-0.39, 0.29) is 35.0 Å². The Morgan fingerprint density at radius 3 is 2.35 bits per heavy atom. The number of allylic oxidation sites excluding steroid dienone is 2. The number of carbonyl (C=O) groups excluding carboxylic acids is 2. The van der Waals surface area contributed by atoms with Crippen LogP contribution in [0.4, 0.5) is 9.80 Å². The topological polar surface area (TPSA) is 142 Å². The van der Waals surface area contributed by atoms with Gasteiger partial charge in [-0.3, -0.25) is 14.9 Å². The maximum absolute atomic E-state index is 13.1. The third-order valence-corrected chi connectivity index (χ3v) is 10.5. The number of hydrogen-bond donors (Lipinski definition) is 4. The Kier molecular flexibility index (Phi) is 10.0. The van der Waals surface area contributed by atoms with Gasteiger partial charge in [-0.05, 0) is 93.0 Å². The number of anilines is 1. The lowest BCUT2D eigenvalue weighted by atomic mass is 9.72. The van der Waals surface area contributed by atoms with Gasteiger partial charge in [-0.2, -0.15) is 0 Å². The van der Waals surface area contributed by atoms with Gasteiger partial charge in [-0.25, -0.2) is 13.2 Å². The second-order valence-corrected chi connectivity index (χ2v) is 14.0. The number of carboxylic acid groups (broad SMARTS) is 1. The van der Waals surface area contributed by atoms with Gasteiger partial charge in [0.05, 0.1) is 17.5 Å². The van der Waals surface area contributed by atoms with Crippen LogP contribution in [0.3, 0.4) is 0 Å². The predicted molar refractivity (Wildman–Crippen MR) is 155 cm³/mol. The minimum atomic E-state index is -3.36. The summed E-state index contributed by atoms with van der Waals surface area (Å²) in [6.07, 6.45) is 12.3. The van der Waals surface area contributed by atoms with Gasteiger partial charge in [0.15, 0.2) is 9.84 Å². The van der Waals surface area contributed by atoms with Gasteiger partial charge in [0.2, 0.25) is 0 Å². The van der Waals surface area contributed by atoms with Crippen molar-refractivity contribution in [3.63, 3.8) is 0 Å². The largest absolute Gasteiger partial charge is 0.481 e. The number of rotatable bonds is 10. The number of sulfone groups is 1. The van der Waals surface area contributed by atoms with Crippen LogP contribution in [-0.4, -0.2) is 44.2 Å². The Labute approximate surface area is 239 Å². The van der Waals surface area contributed by atoms with Gasteiger partial charge in [0, 0.05) is 18.4 Å². The zero-order chi connectivity index (χ0) is 28.7. The van der Waals surface area contributed by atoms with Gasteiger partial charge in [-0.15, -0.1) is 11.3 Å². The van der Waals surface area contributed by atoms with Crippen molar-refractivity contribution in [1.82, 2.24) is 10.6 Å². The van der Waals surface area contributed by atoms with Crippen LogP contribution >= 0.6 is 11.3 Å². The predicted octanol–water partition coefficient (Wildman–Crippen LogP) is 5.53. The number of benzene rings is 1. The quantitative estimate of drug-likeness (QED) is 0.270. The van der Waals surface area contributed by atoms with E-state index >= 15 is 0 Å². The SMILES string of the molecule is CS(=O)(=O)c1ccc(NC(=O)NC(c2ccc(C(=O)NCCC(=O)O)cc2)C2CCC(C3=CCCCC3)CC2)s1. The van der Waals surface area contributed by atoms with Gasteiger partial charge < -0.3 is 15.7 Å². The van der Waals surface area contributed by atoms with Crippen LogP contribution in [0.5, 0.6) is 0 Å². The van der Waals surface area contributed by atoms with Crippen LogP contribution < -0.4 is 16.0 Å². The fraction of sp³-hybridized carbons (Fsp3) is 0.483.